The Morgan fingerprint density at radius 2 is 2.26 bits per heavy atom. The maximum atomic E-state index is 12.1. The van der Waals surface area contributed by atoms with Crippen LogP contribution in [0.1, 0.15) is 18.5 Å². The van der Waals surface area contributed by atoms with Crippen LogP contribution in [-0.2, 0) is 20.9 Å². The summed E-state index contributed by atoms with van der Waals surface area (Å²) >= 11 is 0. The highest BCUT2D eigenvalue weighted by Crippen LogP contribution is 2.12. The quantitative estimate of drug-likeness (QED) is 0.773. The molecule has 2 amide bonds. The Hall–Kier alpha value is -2.22. The molecule has 1 aromatic rings. The summed E-state index contributed by atoms with van der Waals surface area (Å²) in [4.78, 5) is 34.1. The molecule has 0 bridgehead atoms. The summed E-state index contributed by atoms with van der Waals surface area (Å²) < 4.78 is 5.32. The molecule has 2 N–H and O–H groups in total. The molecule has 1 atom stereocenters. The number of hydrogen-bond donors (Lipinski definition) is 2. The normalized spacial score (nSPS) is 21.7. The second kappa shape index (κ2) is 7.36. The fraction of sp³-hybridized carbons (Fsp3) is 0.600. The number of hydrogen-bond acceptors (Lipinski definition) is 6. The predicted octanol–water partition coefficient (Wildman–Crippen LogP) is -0.544. The molecule has 0 saturated carbocycles. The van der Waals surface area contributed by atoms with Crippen LogP contribution < -0.4 is 15.5 Å². The molecule has 8 nitrogen and oxygen atoms in total. The summed E-state index contributed by atoms with van der Waals surface area (Å²) in [5.41, 5.74) is 0.773. The van der Waals surface area contributed by atoms with Gasteiger partial charge in [-0.05, 0) is 12.5 Å². The second-order valence-electron chi connectivity index (χ2n) is 5.70. The topological polar surface area (TPSA) is 96.5 Å². The minimum Gasteiger partial charge on any atom is -0.378 e. The molecule has 124 valence electrons. The van der Waals surface area contributed by atoms with Gasteiger partial charge in [0.05, 0.1) is 31.4 Å². The average Bonchev–Trinajstić information content (AvgIpc) is 2.61. The standard InChI is InChI=1S/C15H21N5O3/c21-13-2-1-11(9-17-13)14(22)18-10-12-3-4-16-15(19-12)20-5-7-23-8-6-20/h3-4,11H,1-2,5-10H2,(H,17,21)(H,18,22). The van der Waals surface area contributed by atoms with Crippen LogP contribution in [-0.4, -0.2) is 54.6 Å². The number of carbonyl (C=O) groups excluding carboxylic acids is 2. The number of rotatable bonds is 4. The lowest BCUT2D eigenvalue weighted by Crippen LogP contribution is -2.42. The molecule has 3 heterocycles. The van der Waals surface area contributed by atoms with Gasteiger partial charge in [0.25, 0.3) is 0 Å². The first-order valence-electron chi connectivity index (χ1n) is 7.91. The smallest absolute Gasteiger partial charge is 0.225 e. The zero-order valence-electron chi connectivity index (χ0n) is 13.0. The van der Waals surface area contributed by atoms with Crippen molar-refractivity contribution in [2.24, 2.45) is 5.92 Å². The first kappa shape index (κ1) is 15.7. The monoisotopic (exact) mass is 319 g/mol. The Balaban J connectivity index is 1.53. The van der Waals surface area contributed by atoms with E-state index in [9.17, 15) is 9.59 Å². The second-order valence-corrected chi connectivity index (χ2v) is 5.70. The highest BCUT2D eigenvalue weighted by Gasteiger charge is 2.24. The van der Waals surface area contributed by atoms with Crippen molar-refractivity contribution < 1.29 is 14.3 Å². The summed E-state index contributed by atoms with van der Waals surface area (Å²) in [6, 6.07) is 1.80. The number of ether oxygens (including phenoxy) is 1. The first-order chi connectivity index (χ1) is 11.2. The van der Waals surface area contributed by atoms with Crippen molar-refractivity contribution in [3.8, 4) is 0 Å². The lowest BCUT2D eigenvalue weighted by Gasteiger charge is -2.27. The zero-order valence-corrected chi connectivity index (χ0v) is 13.0. The Morgan fingerprint density at radius 1 is 1.43 bits per heavy atom. The van der Waals surface area contributed by atoms with Crippen LogP contribution in [0.5, 0.6) is 0 Å². The van der Waals surface area contributed by atoms with Gasteiger partial charge in [0.1, 0.15) is 0 Å². The molecule has 1 aromatic heterocycles. The van der Waals surface area contributed by atoms with Crippen molar-refractivity contribution >= 4 is 17.8 Å². The minimum atomic E-state index is -0.159. The highest BCUT2D eigenvalue weighted by molar-refractivity contribution is 5.83. The molecule has 3 rings (SSSR count). The van der Waals surface area contributed by atoms with E-state index in [1.165, 1.54) is 0 Å². The SMILES string of the molecule is O=C1CCC(C(=O)NCc2ccnc(N3CCOCC3)n2)CN1. The van der Waals surface area contributed by atoms with Gasteiger partial charge in [-0.1, -0.05) is 0 Å². The van der Waals surface area contributed by atoms with Gasteiger partial charge in [-0.15, -0.1) is 0 Å². The summed E-state index contributed by atoms with van der Waals surface area (Å²) in [6.45, 7) is 3.68. The fourth-order valence-corrected chi connectivity index (χ4v) is 2.68. The highest BCUT2D eigenvalue weighted by atomic mass is 16.5. The van der Waals surface area contributed by atoms with Crippen LogP contribution >= 0.6 is 0 Å². The molecule has 23 heavy (non-hydrogen) atoms. The Kier molecular flexibility index (Phi) is 5.02. The molecule has 2 fully saturated rings. The van der Waals surface area contributed by atoms with Gasteiger partial charge in [0.2, 0.25) is 17.8 Å². The van der Waals surface area contributed by atoms with Crippen LogP contribution in [0, 0.1) is 5.92 Å². The number of piperidine rings is 1. The van der Waals surface area contributed by atoms with E-state index in [2.05, 4.69) is 25.5 Å². The van der Waals surface area contributed by atoms with E-state index in [1.807, 2.05) is 0 Å². The molecule has 0 spiro atoms. The number of anilines is 1. The Morgan fingerprint density at radius 3 is 3.00 bits per heavy atom. The van der Waals surface area contributed by atoms with E-state index < -0.39 is 0 Å². The van der Waals surface area contributed by atoms with E-state index in [1.54, 1.807) is 12.3 Å². The zero-order chi connectivity index (χ0) is 16.1. The molecule has 1 unspecified atom stereocenters. The van der Waals surface area contributed by atoms with E-state index in [0.29, 0.717) is 45.1 Å². The summed E-state index contributed by atoms with van der Waals surface area (Å²) in [7, 11) is 0. The number of morpholine rings is 1. The van der Waals surface area contributed by atoms with Crippen LogP contribution in [0.25, 0.3) is 0 Å². The van der Waals surface area contributed by atoms with Gasteiger partial charge in [-0.25, -0.2) is 9.97 Å². The molecule has 0 radical (unpaired) electrons. The van der Waals surface area contributed by atoms with E-state index in [4.69, 9.17) is 4.74 Å². The number of nitrogens with one attached hydrogen (secondary N) is 2. The van der Waals surface area contributed by atoms with Gasteiger partial charge in [0.15, 0.2) is 0 Å². The first-order valence-corrected chi connectivity index (χ1v) is 7.91. The van der Waals surface area contributed by atoms with E-state index >= 15 is 0 Å². The largest absolute Gasteiger partial charge is 0.378 e. The van der Waals surface area contributed by atoms with Crippen LogP contribution in [0.4, 0.5) is 5.95 Å². The maximum Gasteiger partial charge on any atom is 0.225 e. The average molecular weight is 319 g/mol. The minimum absolute atomic E-state index is 0.0139. The third kappa shape index (κ3) is 4.16. The molecule has 8 heteroatoms. The van der Waals surface area contributed by atoms with Crippen molar-refractivity contribution in [2.45, 2.75) is 19.4 Å². The number of aromatic nitrogens is 2. The number of nitrogens with zero attached hydrogens (tertiary/aromatic N) is 3. The summed E-state index contributed by atoms with van der Waals surface area (Å²) in [5, 5.41) is 5.61. The Labute approximate surface area is 134 Å². The van der Waals surface area contributed by atoms with Crippen molar-refractivity contribution in [3.63, 3.8) is 0 Å². The molecular weight excluding hydrogens is 298 g/mol. The maximum absolute atomic E-state index is 12.1. The van der Waals surface area contributed by atoms with Gasteiger partial charge < -0.3 is 20.3 Å². The van der Waals surface area contributed by atoms with Crippen molar-refractivity contribution in [2.75, 3.05) is 37.7 Å². The lowest BCUT2D eigenvalue weighted by molar-refractivity contribution is -0.129. The summed E-state index contributed by atoms with van der Waals surface area (Å²) in [6.07, 6.45) is 2.72. The van der Waals surface area contributed by atoms with Gasteiger partial charge >= 0.3 is 0 Å². The van der Waals surface area contributed by atoms with Crippen LogP contribution in [0.15, 0.2) is 12.3 Å². The molecular formula is C15H21N5O3. The molecule has 2 aliphatic heterocycles. The Bertz CT molecular complexity index is 564. The molecule has 0 aliphatic carbocycles. The number of amides is 2. The van der Waals surface area contributed by atoms with Crippen LogP contribution in [0.2, 0.25) is 0 Å². The molecule has 0 aromatic carbocycles. The van der Waals surface area contributed by atoms with E-state index in [-0.39, 0.29) is 17.7 Å². The van der Waals surface area contributed by atoms with Gasteiger partial charge in [0, 0.05) is 32.3 Å². The van der Waals surface area contributed by atoms with Crippen molar-refractivity contribution in [1.82, 2.24) is 20.6 Å². The fourth-order valence-electron chi connectivity index (χ4n) is 2.68. The van der Waals surface area contributed by atoms with Crippen molar-refractivity contribution in [3.05, 3.63) is 18.0 Å². The predicted molar refractivity (Wildman–Crippen MR) is 82.6 cm³/mol. The summed E-state index contributed by atoms with van der Waals surface area (Å²) in [5.74, 6) is 0.481. The lowest BCUT2D eigenvalue weighted by atomic mass is 9.98. The van der Waals surface area contributed by atoms with Gasteiger partial charge in [-0.2, -0.15) is 0 Å². The van der Waals surface area contributed by atoms with E-state index in [0.717, 1.165) is 18.8 Å². The molecule has 2 aliphatic rings. The van der Waals surface area contributed by atoms with Crippen LogP contribution in [0.3, 0.4) is 0 Å². The molecule has 2 saturated heterocycles. The third-order valence-electron chi connectivity index (χ3n) is 4.07. The number of carbonyl (C=O) groups is 2. The van der Waals surface area contributed by atoms with Crippen molar-refractivity contribution in [1.29, 1.82) is 0 Å². The third-order valence-corrected chi connectivity index (χ3v) is 4.07. The van der Waals surface area contributed by atoms with Gasteiger partial charge in [-0.3, -0.25) is 9.59 Å².